The molecule has 1 N–H and O–H groups in total. The second kappa shape index (κ2) is 9.18. The highest BCUT2D eigenvalue weighted by atomic mass is 79.9. The lowest BCUT2D eigenvalue weighted by Gasteiger charge is -2.47. The maximum Gasteiger partial charge on any atom is 0.310 e. The largest absolute Gasteiger partial charge is 0.466 e. The third-order valence-electron chi connectivity index (χ3n) is 5.30. The lowest BCUT2D eigenvalue weighted by molar-refractivity contribution is -0.176. The van der Waals surface area contributed by atoms with E-state index in [4.69, 9.17) is 9.47 Å². The van der Waals surface area contributed by atoms with Gasteiger partial charge in [-0.1, -0.05) is 28.1 Å². The smallest absolute Gasteiger partial charge is 0.310 e. The van der Waals surface area contributed by atoms with Crippen molar-refractivity contribution in [1.82, 2.24) is 0 Å². The SMILES string of the molecule is CCOC(=O)[C@@H]1[C@@H](c2cccc(Br)c2)[C@H](C(=O)OCC)C[C@](C)(O)[C@@H]1C(C)=O. The number of carbonyl (C=O) groups is 3. The van der Waals surface area contributed by atoms with Crippen molar-refractivity contribution in [3.63, 3.8) is 0 Å². The van der Waals surface area contributed by atoms with Crippen molar-refractivity contribution in [1.29, 1.82) is 0 Å². The van der Waals surface area contributed by atoms with E-state index in [0.717, 1.165) is 4.47 Å². The molecule has 154 valence electrons. The number of hydrogen-bond acceptors (Lipinski definition) is 6. The zero-order chi connectivity index (χ0) is 21.1. The topological polar surface area (TPSA) is 89.9 Å². The molecule has 2 rings (SSSR count). The highest BCUT2D eigenvalue weighted by Crippen LogP contribution is 2.51. The highest BCUT2D eigenvalue weighted by Gasteiger charge is 2.57. The van der Waals surface area contributed by atoms with Crippen LogP contribution in [0.1, 0.15) is 45.6 Å². The normalized spacial score (nSPS) is 29.8. The van der Waals surface area contributed by atoms with Gasteiger partial charge in [-0.15, -0.1) is 0 Å². The van der Waals surface area contributed by atoms with Gasteiger partial charge in [0.1, 0.15) is 5.78 Å². The van der Waals surface area contributed by atoms with Crippen molar-refractivity contribution in [2.24, 2.45) is 17.8 Å². The van der Waals surface area contributed by atoms with Crippen molar-refractivity contribution < 1.29 is 29.0 Å². The summed E-state index contributed by atoms with van der Waals surface area (Å²) in [5.41, 5.74) is -0.823. The lowest BCUT2D eigenvalue weighted by Crippen LogP contribution is -2.56. The Morgan fingerprint density at radius 2 is 1.79 bits per heavy atom. The number of rotatable bonds is 6. The number of carbonyl (C=O) groups excluding carboxylic acids is 3. The van der Waals surface area contributed by atoms with Crippen LogP contribution in [0.2, 0.25) is 0 Å². The second-order valence-electron chi connectivity index (χ2n) is 7.37. The van der Waals surface area contributed by atoms with E-state index in [1.54, 1.807) is 19.9 Å². The zero-order valence-corrected chi connectivity index (χ0v) is 18.2. The molecule has 1 aromatic rings. The molecular formula is C21H27BrO6. The maximum atomic E-state index is 12.9. The molecule has 0 heterocycles. The van der Waals surface area contributed by atoms with Gasteiger partial charge >= 0.3 is 11.9 Å². The summed E-state index contributed by atoms with van der Waals surface area (Å²) in [6.07, 6.45) is 0.0170. The van der Waals surface area contributed by atoms with Gasteiger partial charge in [0.15, 0.2) is 0 Å². The number of aliphatic hydroxyl groups is 1. The summed E-state index contributed by atoms with van der Waals surface area (Å²) in [5, 5.41) is 11.1. The van der Waals surface area contributed by atoms with Gasteiger partial charge in [-0.05, 0) is 51.8 Å². The molecule has 0 aliphatic heterocycles. The van der Waals surface area contributed by atoms with Crippen LogP contribution >= 0.6 is 15.9 Å². The minimum Gasteiger partial charge on any atom is -0.466 e. The van der Waals surface area contributed by atoms with Crippen LogP contribution in [0.3, 0.4) is 0 Å². The molecule has 0 aromatic heterocycles. The Kier molecular flexibility index (Phi) is 7.39. The molecule has 0 spiro atoms. The number of hydrogen-bond donors (Lipinski definition) is 1. The molecule has 0 bridgehead atoms. The van der Waals surface area contributed by atoms with Gasteiger partial charge in [-0.25, -0.2) is 0 Å². The first kappa shape index (κ1) is 22.6. The van der Waals surface area contributed by atoms with E-state index in [1.165, 1.54) is 13.8 Å². The van der Waals surface area contributed by atoms with Crippen molar-refractivity contribution in [3.05, 3.63) is 34.3 Å². The molecule has 1 aliphatic carbocycles. The second-order valence-corrected chi connectivity index (χ2v) is 8.28. The van der Waals surface area contributed by atoms with Crippen LogP contribution in [0, 0.1) is 17.8 Å². The van der Waals surface area contributed by atoms with Gasteiger partial charge in [0.05, 0.1) is 36.6 Å². The van der Waals surface area contributed by atoms with E-state index < -0.39 is 41.2 Å². The summed E-state index contributed by atoms with van der Waals surface area (Å²) in [6.45, 7) is 6.55. The average molecular weight is 455 g/mol. The Labute approximate surface area is 173 Å². The van der Waals surface area contributed by atoms with Gasteiger partial charge in [-0.2, -0.15) is 0 Å². The third kappa shape index (κ3) is 4.63. The minimum atomic E-state index is -1.54. The van der Waals surface area contributed by atoms with Crippen LogP contribution in [0.15, 0.2) is 28.7 Å². The van der Waals surface area contributed by atoms with E-state index in [1.807, 2.05) is 18.2 Å². The minimum absolute atomic E-state index is 0.0170. The van der Waals surface area contributed by atoms with Gasteiger partial charge in [0.2, 0.25) is 0 Å². The monoisotopic (exact) mass is 454 g/mol. The van der Waals surface area contributed by atoms with Crippen LogP contribution in [0.4, 0.5) is 0 Å². The average Bonchev–Trinajstić information content (AvgIpc) is 2.60. The Morgan fingerprint density at radius 1 is 1.18 bits per heavy atom. The van der Waals surface area contributed by atoms with E-state index >= 15 is 0 Å². The fourth-order valence-electron chi connectivity index (χ4n) is 4.39. The summed E-state index contributed by atoms with van der Waals surface area (Å²) >= 11 is 3.42. The molecule has 1 fully saturated rings. The molecular weight excluding hydrogens is 428 g/mol. The molecule has 28 heavy (non-hydrogen) atoms. The number of Topliss-reactive ketones (excluding diaryl/α,β-unsaturated/α-hetero) is 1. The molecule has 1 saturated carbocycles. The standard InChI is InChI=1S/C21H27BrO6/c1-5-27-19(24)15-11-21(4,26)18(12(3)23)17(20(25)28-6-2)16(15)13-8-7-9-14(22)10-13/h7-10,15-18,26H,5-6,11H2,1-4H3/t15-,16+,17-,18-,21+/m1/s1. The third-order valence-corrected chi connectivity index (χ3v) is 5.80. The summed E-state index contributed by atoms with van der Waals surface area (Å²) in [6, 6.07) is 7.27. The molecule has 0 saturated heterocycles. The molecule has 1 aromatic carbocycles. The Hall–Kier alpha value is -1.73. The van der Waals surface area contributed by atoms with E-state index in [2.05, 4.69) is 15.9 Å². The molecule has 6 nitrogen and oxygen atoms in total. The van der Waals surface area contributed by atoms with Crippen molar-refractivity contribution >= 4 is 33.7 Å². The number of ether oxygens (including phenoxy) is 2. The van der Waals surface area contributed by atoms with Gasteiger partial charge < -0.3 is 14.6 Å². The maximum absolute atomic E-state index is 12.9. The lowest BCUT2D eigenvalue weighted by atomic mass is 9.57. The quantitative estimate of drug-likeness (QED) is 0.663. The Balaban J connectivity index is 2.68. The summed E-state index contributed by atoms with van der Waals surface area (Å²) in [4.78, 5) is 38.2. The fourth-order valence-corrected chi connectivity index (χ4v) is 4.81. The van der Waals surface area contributed by atoms with Crippen molar-refractivity contribution in [3.8, 4) is 0 Å². The number of benzene rings is 1. The number of ketones is 1. The first-order valence-electron chi connectivity index (χ1n) is 9.45. The molecule has 0 amide bonds. The van der Waals surface area contributed by atoms with Gasteiger partial charge in [0.25, 0.3) is 0 Å². The highest BCUT2D eigenvalue weighted by molar-refractivity contribution is 9.10. The first-order chi connectivity index (χ1) is 13.1. The number of esters is 2. The Morgan fingerprint density at radius 3 is 2.32 bits per heavy atom. The number of halogens is 1. The van der Waals surface area contributed by atoms with Crippen LogP contribution < -0.4 is 0 Å². The molecule has 0 radical (unpaired) electrons. The van der Waals surface area contributed by atoms with Crippen LogP contribution in [0.5, 0.6) is 0 Å². The van der Waals surface area contributed by atoms with Crippen LogP contribution in [0.25, 0.3) is 0 Å². The van der Waals surface area contributed by atoms with Gasteiger partial charge in [0, 0.05) is 10.4 Å². The molecule has 7 heteroatoms. The zero-order valence-electron chi connectivity index (χ0n) is 16.6. The van der Waals surface area contributed by atoms with Crippen molar-refractivity contribution in [2.45, 2.75) is 45.6 Å². The molecule has 1 aliphatic rings. The van der Waals surface area contributed by atoms with Crippen molar-refractivity contribution in [2.75, 3.05) is 13.2 Å². The predicted octanol–water partition coefficient (Wildman–Crippen LogP) is 3.25. The molecule has 5 atom stereocenters. The summed E-state index contributed by atoms with van der Waals surface area (Å²) in [5.74, 6) is -4.82. The summed E-state index contributed by atoms with van der Waals surface area (Å²) < 4.78 is 11.3. The predicted molar refractivity (Wildman–Crippen MR) is 107 cm³/mol. The van der Waals surface area contributed by atoms with Crippen LogP contribution in [-0.4, -0.2) is 41.6 Å². The van der Waals surface area contributed by atoms with E-state index in [-0.39, 0.29) is 25.4 Å². The van der Waals surface area contributed by atoms with Gasteiger partial charge in [-0.3, -0.25) is 14.4 Å². The Bertz CT molecular complexity index is 744. The fraction of sp³-hybridized carbons (Fsp3) is 0.571. The summed E-state index contributed by atoms with van der Waals surface area (Å²) in [7, 11) is 0. The van der Waals surface area contributed by atoms with E-state index in [0.29, 0.717) is 5.56 Å². The van der Waals surface area contributed by atoms with Crippen LogP contribution in [-0.2, 0) is 23.9 Å². The molecule has 0 unspecified atom stereocenters. The van der Waals surface area contributed by atoms with E-state index in [9.17, 15) is 19.5 Å². The first-order valence-corrected chi connectivity index (χ1v) is 10.2.